The van der Waals surface area contributed by atoms with Crippen LogP contribution in [-0.2, 0) is 0 Å². The van der Waals surface area contributed by atoms with Gasteiger partial charge in [-0.25, -0.2) is 0 Å². The first kappa shape index (κ1) is 15.3. The molecule has 1 saturated heterocycles. The highest BCUT2D eigenvalue weighted by molar-refractivity contribution is 4.84. The third-order valence-electron chi connectivity index (χ3n) is 5.02. The third kappa shape index (κ3) is 5.05. The van der Waals surface area contributed by atoms with Crippen LogP contribution in [0.3, 0.4) is 0 Å². The SMILES string of the molecule is CCN1CC(CCO)CC(NCC2CCCCC2)C1. The van der Waals surface area contributed by atoms with E-state index in [1.807, 2.05) is 0 Å². The first-order chi connectivity index (χ1) is 9.31. The number of aliphatic hydroxyl groups is 1. The molecule has 2 rings (SSSR count). The van der Waals surface area contributed by atoms with Crippen LogP contribution < -0.4 is 5.32 Å². The molecule has 1 aliphatic heterocycles. The summed E-state index contributed by atoms with van der Waals surface area (Å²) in [4.78, 5) is 2.54. The van der Waals surface area contributed by atoms with Gasteiger partial charge in [0.2, 0.25) is 0 Å². The lowest BCUT2D eigenvalue weighted by atomic mass is 9.88. The molecule has 0 bridgehead atoms. The van der Waals surface area contributed by atoms with Crippen LogP contribution in [0.1, 0.15) is 51.9 Å². The molecule has 2 fully saturated rings. The molecule has 2 unspecified atom stereocenters. The van der Waals surface area contributed by atoms with Crippen LogP contribution in [0.2, 0.25) is 0 Å². The molecule has 0 amide bonds. The van der Waals surface area contributed by atoms with Crippen molar-refractivity contribution >= 4 is 0 Å². The van der Waals surface area contributed by atoms with Gasteiger partial charge >= 0.3 is 0 Å². The summed E-state index contributed by atoms with van der Waals surface area (Å²) in [7, 11) is 0. The molecule has 2 atom stereocenters. The number of hydrogen-bond donors (Lipinski definition) is 2. The number of likely N-dealkylation sites (N-methyl/N-ethyl adjacent to an activating group) is 1. The minimum atomic E-state index is 0.345. The second kappa shape index (κ2) is 8.23. The molecule has 0 aromatic rings. The lowest BCUT2D eigenvalue weighted by Crippen LogP contribution is -2.50. The first-order valence-electron chi connectivity index (χ1n) is 8.38. The predicted molar refractivity (Wildman–Crippen MR) is 80.3 cm³/mol. The highest BCUT2D eigenvalue weighted by Crippen LogP contribution is 2.24. The van der Waals surface area contributed by atoms with Crippen LogP contribution in [0.15, 0.2) is 0 Å². The van der Waals surface area contributed by atoms with E-state index in [9.17, 15) is 0 Å². The Balaban J connectivity index is 1.74. The summed E-state index contributed by atoms with van der Waals surface area (Å²) in [6.45, 7) is 7.33. The van der Waals surface area contributed by atoms with Crippen molar-refractivity contribution in [2.75, 3.05) is 32.8 Å². The van der Waals surface area contributed by atoms with E-state index in [1.54, 1.807) is 0 Å². The number of hydrogen-bond acceptors (Lipinski definition) is 3. The zero-order valence-corrected chi connectivity index (χ0v) is 12.6. The number of piperidine rings is 1. The van der Waals surface area contributed by atoms with Crippen LogP contribution in [0.4, 0.5) is 0 Å². The molecule has 3 nitrogen and oxygen atoms in total. The Morgan fingerprint density at radius 3 is 2.58 bits per heavy atom. The molecule has 19 heavy (non-hydrogen) atoms. The van der Waals surface area contributed by atoms with E-state index in [1.165, 1.54) is 58.2 Å². The quantitative estimate of drug-likeness (QED) is 0.775. The van der Waals surface area contributed by atoms with Gasteiger partial charge < -0.3 is 15.3 Å². The van der Waals surface area contributed by atoms with Crippen molar-refractivity contribution in [2.24, 2.45) is 11.8 Å². The Morgan fingerprint density at radius 1 is 1.11 bits per heavy atom. The first-order valence-corrected chi connectivity index (χ1v) is 8.38. The number of aliphatic hydroxyl groups excluding tert-OH is 1. The summed E-state index contributed by atoms with van der Waals surface area (Å²) in [6, 6.07) is 0.646. The minimum absolute atomic E-state index is 0.345. The molecule has 0 aromatic heterocycles. The summed E-state index contributed by atoms with van der Waals surface area (Å²) in [5.41, 5.74) is 0. The molecular formula is C16H32N2O. The second-order valence-electron chi connectivity index (χ2n) is 6.58. The van der Waals surface area contributed by atoms with Gasteiger partial charge in [-0.3, -0.25) is 0 Å². The number of nitrogens with zero attached hydrogens (tertiary/aromatic N) is 1. The van der Waals surface area contributed by atoms with Crippen molar-refractivity contribution in [1.29, 1.82) is 0 Å². The zero-order chi connectivity index (χ0) is 13.5. The van der Waals surface area contributed by atoms with E-state index in [0.717, 1.165) is 18.9 Å². The average molecular weight is 268 g/mol. The summed E-state index contributed by atoms with van der Waals surface area (Å²) in [6.07, 6.45) is 9.40. The molecule has 2 N–H and O–H groups in total. The van der Waals surface area contributed by atoms with Crippen LogP contribution in [0.5, 0.6) is 0 Å². The molecule has 3 heteroatoms. The van der Waals surface area contributed by atoms with Gasteiger partial charge in [-0.2, -0.15) is 0 Å². The van der Waals surface area contributed by atoms with E-state index < -0.39 is 0 Å². The largest absolute Gasteiger partial charge is 0.396 e. The van der Waals surface area contributed by atoms with Crippen LogP contribution in [0, 0.1) is 11.8 Å². The summed E-state index contributed by atoms with van der Waals surface area (Å²) in [5, 5.41) is 13.0. The highest BCUT2D eigenvalue weighted by Gasteiger charge is 2.26. The topological polar surface area (TPSA) is 35.5 Å². The smallest absolute Gasteiger partial charge is 0.0434 e. The minimum Gasteiger partial charge on any atom is -0.396 e. The lowest BCUT2D eigenvalue weighted by Gasteiger charge is -2.38. The number of likely N-dealkylation sites (tertiary alicyclic amines) is 1. The Hall–Kier alpha value is -0.120. The summed E-state index contributed by atoms with van der Waals surface area (Å²) >= 11 is 0. The van der Waals surface area contributed by atoms with Gasteiger partial charge in [0.1, 0.15) is 0 Å². The lowest BCUT2D eigenvalue weighted by molar-refractivity contribution is 0.122. The molecular weight excluding hydrogens is 236 g/mol. The van der Waals surface area contributed by atoms with Crippen molar-refractivity contribution in [1.82, 2.24) is 10.2 Å². The van der Waals surface area contributed by atoms with Crippen molar-refractivity contribution in [3.63, 3.8) is 0 Å². The van der Waals surface area contributed by atoms with E-state index >= 15 is 0 Å². The summed E-state index contributed by atoms with van der Waals surface area (Å²) < 4.78 is 0. The van der Waals surface area contributed by atoms with E-state index in [-0.39, 0.29) is 0 Å². The highest BCUT2D eigenvalue weighted by atomic mass is 16.3. The van der Waals surface area contributed by atoms with E-state index in [0.29, 0.717) is 18.6 Å². The molecule has 1 heterocycles. The van der Waals surface area contributed by atoms with Crippen molar-refractivity contribution in [2.45, 2.75) is 57.9 Å². The van der Waals surface area contributed by atoms with Gasteiger partial charge in [-0.1, -0.05) is 26.2 Å². The Kier molecular flexibility index (Phi) is 6.62. The molecule has 1 saturated carbocycles. The molecule has 112 valence electrons. The Morgan fingerprint density at radius 2 is 1.89 bits per heavy atom. The Labute approximate surface area is 118 Å². The normalized spacial score (nSPS) is 30.6. The van der Waals surface area contributed by atoms with Gasteiger partial charge in [-0.15, -0.1) is 0 Å². The van der Waals surface area contributed by atoms with Crippen LogP contribution in [-0.4, -0.2) is 48.8 Å². The maximum atomic E-state index is 9.16. The predicted octanol–water partition coefficient (Wildman–Crippen LogP) is 2.25. The maximum Gasteiger partial charge on any atom is 0.0434 e. The van der Waals surface area contributed by atoms with E-state index in [2.05, 4.69) is 17.1 Å². The van der Waals surface area contributed by atoms with E-state index in [4.69, 9.17) is 5.11 Å². The van der Waals surface area contributed by atoms with Crippen molar-refractivity contribution in [3.8, 4) is 0 Å². The fraction of sp³-hybridized carbons (Fsp3) is 1.00. The van der Waals surface area contributed by atoms with Crippen molar-refractivity contribution < 1.29 is 5.11 Å². The molecule has 0 radical (unpaired) electrons. The Bertz CT molecular complexity index is 241. The second-order valence-corrected chi connectivity index (χ2v) is 6.58. The van der Waals surface area contributed by atoms with Crippen LogP contribution in [0.25, 0.3) is 0 Å². The van der Waals surface area contributed by atoms with Gasteiger partial charge in [0.25, 0.3) is 0 Å². The third-order valence-corrected chi connectivity index (χ3v) is 5.02. The van der Waals surface area contributed by atoms with Crippen LogP contribution >= 0.6 is 0 Å². The van der Waals surface area contributed by atoms with Crippen molar-refractivity contribution in [3.05, 3.63) is 0 Å². The number of nitrogens with one attached hydrogen (secondary N) is 1. The average Bonchev–Trinajstić information content (AvgIpc) is 2.46. The fourth-order valence-corrected chi connectivity index (χ4v) is 3.83. The number of rotatable bonds is 6. The van der Waals surface area contributed by atoms with Gasteiger partial charge in [0, 0.05) is 25.7 Å². The molecule has 0 aromatic carbocycles. The molecule has 1 aliphatic carbocycles. The molecule has 2 aliphatic rings. The molecule has 0 spiro atoms. The zero-order valence-electron chi connectivity index (χ0n) is 12.6. The standard InChI is InChI=1S/C16H32N2O/c1-2-18-12-15(8-9-19)10-16(13-18)17-11-14-6-4-3-5-7-14/h14-17,19H,2-13H2,1H3. The fourth-order valence-electron chi connectivity index (χ4n) is 3.83. The van der Waals surface area contributed by atoms with Gasteiger partial charge in [0.15, 0.2) is 0 Å². The van der Waals surface area contributed by atoms with Gasteiger partial charge in [0.05, 0.1) is 0 Å². The summed E-state index contributed by atoms with van der Waals surface area (Å²) in [5.74, 6) is 1.60. The monoisotopic (exact) mass is 268 g/mol. The van der Waals surface area contributed by atoms with Gasteiger partial charge in [-0.05, 0) is 50.6 Å². The maximum absolute atomic E-state index is 9.16.